The van der Waals surface area contributed by atoms with Gasteiger partial charge in [-0.15, -0.1) is 11.3 Å². The molecular formula is C13H16N2S. The molecule has 2 rings (SSSR count). The first-order valence-corrected chi connectivity index (χ1v) is 6.26. The quantitative estimate of drug-likeness (QED) is 0.774. The van der Waals surface area contributed by atoms with E-state index in [0.29, 0.717) is 0 Å². The maximum absolute atomic E-state index is 8.80. The van der Waals surface area contributed by atoms with Crippen molar-refractivity contribution in [2.24, 2.45) is 0 Å². The van der Waals surface area contributed by atoms with E-state index in [9.17, 15) is 0 Å². The molecule has 2 heterocycles. The average Bonchev–Trinajstić information content (AvgIpc) is 2.91. The Morgan fingerprint density at radius 3 is 2.62 bits per heavy atom. The van der Waals surface area contributed by atoms with Crippen molar-refractivity contribution in [2.75, 3.05) is 0 Å². The fourth-order valence-electron chi connectivity index (χ4n) is 1.41. The molecule has 2 nitrogen and oxygen atoms in total. The molecule has 2 aromatic heterocycles. The van der Waals surface area contributed by atoms with E-state index in [4.69, 9.17) is 5.26 Å². The number of nitrogens with zero attached hydrogens (tertiary/aromatic N) is 2. The molecule has 16 heavy (non-hydrogen) atoms. The minimum Gasteiger partial charge on any atom is -0.347 e. The van der Waals surface area contributed by atoms with Gasteiger partial charge in [0.2, 0.25) is 0 Å². The Balaban J connectivity index is 0.000000606. The third-order valence-corrected chi connectivity index (χ3v) is 2.98. The Hall–Kier alpha value is -1.53. The molecule has 0 radical (unpaired) electrons. The predicted octanol–water partition coefficient (Wildman–Crippen LogP) is 3.80. The van der Waals surface area contributed by atoms with E-state index < -0.39 is 0 Å². The third kappa shape index (κ3) is 2.98. The van der Waals surface area contributed by atoms with Gasteiger partial charge >= 0.3 is 0 Å². The zero-order valence-corrected chi connectivity index (χ0v) is 10.7. The lowest BCUT2D eigenvalue weighted by Crippen LogP contribution is -1.92. The zero-order valence-electron chi connectivity index (χ0n) is 9.90. The van der Waals surface area contributed by atoms with Crippen LogP contribution in [0.2, 0.25) is 0 Å². The van der Waals surface area contributed by atoms with Gasteiger partial charge in [-0.25, -0.2) is 0 Å². The van der Waals surface area contributed by atoms with Crippen LogP contribution in [0.4, 0.5) is 0 Å². The fourth-order valence-corrected chi connectivity index (χ4v) is 2.13. The van der Waals surface area contributed by atoms with Crippen LogP contribution >= 0.6 is 11.3 Å². The molecule has 0 spiro atoms. The third-order valence-electron chi connectivity index (χ3n) is 2.12. The number of aryl methyl sites for hydroxylation is 1. The Morgan fingerprint density at radius 1 is 1.38 bits per heavy atom. The van der Waals surface area contributed by atoms with E-state index in [-0.39, 0.29) is 0 Å². The summed E-state index contributed by atoms with van der Waals surface area (Å²) in [6.07, 6.45) is 3.91. The van der Waals surface area contributed by atoms with Crippen molar-refractivity contribution < 1.29 is 0 Å². The molecule has 84 valence electrons. The van der Waals surface area contributed by atoms with Crippen LogP contribution in [0.1, 0.15) is 29.9 Å². The molecule has 0 aliphatic carbocycles. The lowest BCUT2D eigenvalue weighted by atomic mass is 10.2. The molecule has 0 atom stereocenters. The highest BCUT2D eigenvalue weighted by molar-refractivity contribution is 7.09. The van der Waals surface area contributed by atoms with Crippen molar-refractivity contribution in [1.29, 1.82) is 5.26 Å². The van der Waals surface area contributed by atoms with E-state index >= 15 is 0 Å². The normalized spacial score (nSPS) is 9.12. The van der Waals surface area contributed by atoms with E-state index in [0.717, 1.165) is 17.7 Å². The van der Waals surface area contributed by atoms with Crippen molar-refractivity contribution in [3.63, 3.8) is 0 Å². The van der Waals surface area contributed by atoms with Crippen molar-refractivity contribution in [1.82, 2.24) is 4.57 Å². The first kappa shape index (κ1) is 12.5. The molecular weight excluding hydrogens is 216 g/mol. The maximum atomic E-state index is 8.80. The summed E-state index contributed by atoms with van der Waals surface area (Å²) in [7, 11) is 0. The summed E-state index contributed by atoms with van der Waals surface area (Å²) in [4.78, 5) is 1.31. The second-order valence-corrected chi connectivity index (χ2v) is 4.25. The largest absolute Gasteiger partial charge is 0.347 e. The Kier molecular flexibility index (Phi) is 4.81. The Bertz CT molecular complexity index is 461. The maximum Gasteiger partial charge on any atom is 0.101 e. The second-order valence-electron chi connectivity index (χ2n) is 3.22. The van der Waals surface area contributed by atoms with E-state index in [1.54, 1.807) is 11.3 Å². The molecule has 2 aromatic rings. The summed E-state index contributed by atoms with van der Waals surface area (Å²) in [6, 6.07) is 6.32. The lowest BCUT2D eigenvalue weighted by molar-refractivity contribution is 0.817. The van der Waals surface area contributed by atoms with Crippen LogP contribution in [-0.4, -0.2) is 4.57 Å². The first-order valence-electron chi connectivity index (χ1n) is 5.38. The van der Waals surface area contributed by atoms with Gasteiger partial charge < -0.3 is 4.57 Å². The molecule has 0 saturated carbocycles. The minimum atomic E-state index is 0.765. The van der Waals surface area contributed by atoms with Crippen LogP contribution in [0, 0.1) is 18.3 Å². The van der Waals surface area contributed by atoms with Gasteiger partial charge in [0, 0.05) is 17.3 Å². The summed E-state index contributed by atoms with van der Waals surface area (Å²) in [5, 5.41) is 10.9. The van der Waals surface area contributed by atoms with Crippen molar-refractivity contribution >= 4 is 11.3 Å². The van der Waals surface area contributed by atoms with Gasteiger partial charge in [-0.2, -0.15) is 5.26 Å². The topological polar surface area (TPSA) is 28.7 Å². The smallest absolute Gasteiger partial charge is 0.101 e. The van der Waals surface area contributed by atoms with Crippen LogP contribution in [-0.2, 0) is 6.54 Å². The number of aromatic nitrogens is 1. The molecule has 0 bridgehead atoms. The highest BCUT2D eigenvalue weighted by atomic mass is 32.1. The van der Waals surface area contributed by atoms with Gasteiger partial charge in [0.15, 0.2) is 0 Å². The summed E-state index contributed by atoms with van der Waals surface area (Å²) in [5.74, 6) is 0. The Morgan fingerprint density at radius 2 is 2.12 bits per heavy atom. The second kappa shape index (κ2) is 6.14. The summed E-state index contributed by atoms with van der Waals surface area (Å²) in [5.41, 5.74) is 1.81. The van der Waals surface area contributed by atoms with Crippen LogP contribution in [0.15, 0.2) is 29.9 Å². The summed E-state index contributed by atoms with van der Waals surface area (Å²) in [6.45, 7) is 6.82. The SMILES string of the molecule is CC.Cc1cn(Cc2cccs2)cc1C#N. The van der Waals surface area contributed by atoms with Gasteiger partial charge in [-0.3, -0.25) is 0 Å². The highest BCUT2D eigenvalue weighted by Gasteiger charge is 2.02. The van der Waals surface area contributed by atoms with Gasteiger partial charge in [0.1, 0.15) is 6.07 Å². The standard InChI is InChI=1S/C11H10N2S.C2H6/c1-9-6-13(7-10(9)5-12)8-11-3-2-4-14-11;1-2/h2-4,6-7H,8H2,1H3;1-2H3. The Labute approximate surface area is 101 Å². The van der Waals surface area contributed by atoms with Crippen molar-refractivity contribution in [2.45, 2.75) is 27.3 Å². The number of nitriles is 1. The molecule has 3 heteroatoms. The fraction of sp³-hybridized carbons (Fsp3) is 0.308. The van der Waals surface area contributed by atoms with Gasteiger partial charge in [0.05, 0.1) is 12.1 Å². The van der Waals surface area contributed by atoms with E-state index in [2.05, 4.69) is 22.1 Å². The summed E-state index contributed by atoms with van der Waals surface area (Å²) >= 11 is 1.74. The van der Waals surface area contributed by atoms with Gasteiger partial charge in [-0.05, 0) is 23.9 Å². The zero-order chi connectivity index (χ0) is 12.0. The molecule has 0 aliphatic rings. The molecule has 0 fully saturated rings. The molecule has 0 aliphatic heterocycles. The van der Waals surface area contributed by atoms with E-state index in [1.807, 2.05) is 39.2 Å². The van der Waals surface area contributed by atoms with E-state index in [1.165, 1.54) is 4.88 Å². The average molecular weight is 232 g/mol. The van der Waals surface area contributed by atoms with Crippen molar-refractivity contribution in [3.05, 3.63) is 45.9 Å². The van der Waals surface area contributed by atoms with Crippen molar-refractivity contribution in [3.8, 4) is 6.07 Å². The van der Waals surface area contributed by atoms with Crippen LogP contribution in [0.5, 0.6) is 0 Å². The molecule has 0 aromatic carbocycles. The highest BCUT2D eigenvalue weighted by Crippen LogP contribution is 2.13. The van der Waals surface area contributed by atoms with Crippen LogP contribution < -0.4 is 0 Å². The van der Waals surface area contributed by atoms with Crippen LogP contribution in [0.25, 0.3) is 0 Å². The monoisotopic (exact) mass is 232 g/mol. The first-order chi connectivity index (χ1) is 7.79. The number of thiophene rings is 1. The van der Waals surface area contributed by atoms with Gasteiger partial charge in [0.25, 0.3) is 0 Å². The number of hydrogen-bond donors (Lipinski definition) is 0. The number of hydrogen-bond acceptors (Lipinski definition) is 2. The molecule has 0 saturated heterocycles. The lowest BCUT2D eigenvalue weighted by Gasteiger charge is -1.97. The minimum absolute atomic E-state index is 0.765. The van der Waals surface area contributed by atoms with Crippen LogP contribution in [0.3, 0.4) is 0 Å². The summed E-state index contributed by atoms with van der Waals surface area (Å²) < 4.78 is 2.06. The molecule has 0 unspecified atom stereocenters. The molecule has 0 N–H and O–H groups in total. The van der Waals surface area contributed by atoms with Gasteiger partial charge in [-0.1, -0.05) is 19.9 Å². The molecule has 0 amide bonds. The number of rotatable bonds is 2. The predicted molar refractivity (Wildman–Crippen MR) is 68.7 cm³/mol.